The summed E-state index contributed by atoms with van der Waals surface area (Å²) in [6.07, 6.45) is 15.3. The van der Waals surface area contributed by atoms with Crippen molar-refractivity contribution in [3.63, 3.8) is 0 Å². The summed E-state index contributed by atoms with van der Waals surface area (Å²) < 4.78 is 18.5. The molecule has 0 spiro atoms. The van der Waals surface area contributed by atoms with Crippen molar-refractivity contribution < 1.29 is 19.0 Å². The van der Waals surface area contributed by atoms with Gasteiger partial charge in [0.1, 0.15) is 5.60 Å². The van der Waals surface area contributed by atoms with E-state index in [9.17, 15) is 5.11 Å². The molecule has 8 atom stereocenters. The molecule has 198 valence electrons. The molecule has 5 rings (SSSR count). The van der Waals surface area contributed by atoms with Crippen LogP contribution in [0.1, 0.15) is 90.0 Å². The fourth-order valence-electron chi connectivity index (χ4n) is 9.27. The predicted octanol–water partition coefficient (Wildman–Crippen LogP) is 4.73. The Labute approximate surface area is 211 Å². The Kier molecular flexibility index (Phi) is 7.17. The third-order valence-corrected chi connectivity index (χ3v) is 11.3. The van der Waals surface area contributed by atoms with Crippen LogP contribution in [0.25, 0.3) is 0 Å². The van der Waals surface area contributed by atoms with E-state index < -0.39 is 11.2 Å². The van der Waals surface area contributed by atoms with Crippen molar-refractivity contribution in [1.82, 2.24) is 0 Å². The summed E-state index contributed by atoms with van der Waals surface area (Å²) in [4.78, 5) is 0. The van der Waals surface area contributed by atoms with Crippen LogP contribution >= 0.6 is 0 Å². The van der Waals surface area contributed by atoms with Crippen LogP contribution < -0.4 is 11.5 Å². The minimum atomic E-state index is -0.724. The van der Waals surface area contributed by atoms with E-state index in [2.05, 4.69) is 19.9 Å². The van der Waals surface area contributed by atoms with Crippen molar-refractivity contribution >= 4 is 0 Å². The molecule has 35 heavy (non-hydrogen) atoms. The highest BCUT2D eigenvalue weighted by molar-refractivity contribution is 5.31. The van der Waals surface area contributed by atoms with Crippen LogP contribution in [0.15, 0.2) is 23.0 Å². The highest BCUT2D eigenvalue weighted by atomic mass is 16.5. The van der Waals surface area contributed by atoms with Gasteiger partial charge in [-0.2, -0.15) is 0 Å². The van der Waals surface area contributed by atoms with Crippen molar-refractivity contribution in [2.24, 2.45) is 40.1 Å². The lowest BCUT2D eigenvalue weighted by Gasteiger charge is -2.64. The first kappa shape index (κ1) is 25.7. The van der Waals surface area contributed by atoms with Crippen LogP contribution in [0.2, 0.25) is 0 Å². The third-order valence-electron chi connectivity index (χ3n) is 11.3. The molecule has 0 aliphatic heterocycles. The standard InChI is InChI=1S/C29H48N2O4/c1-26-10-7-23(34-16-3-14-30)19-21(26)5-6-25-24(26)8-11-27(2)28(25,32)12-13-29(27,35-17-4-15-31)22-9-18-33-20-22/h9,18,20-21,23-25,32H,3-8,10-17,19,30-31H2,1-2H3/t21-,23+,24+,25-,26+,27+,28+,29+/m1/s1. The van der Waals surface area contributed by atoms with Crippen LogP contribution in [-0.2, 0) is 15.1 Å². The topological polar surface area (TPSA) is 104 Å². The average molecular weight is 489 g/mol. The van der Waals surface area contributed by atoms with Gasteiger partial charge in [0.05, 0.1) is 24.2 Å². The van der Waals surface area contributed by atoms with Gasteiger partial charge in [0.2, 0.25) is 0 Å². The summed E-state index contributed by atoms with van der Waals surface area (Å²) in [5, 5.41) is 12.7. The summed E-state index contributed by atoms with van der Waals surface area (Å²) in [5.41, 5.74) is 11.3. The number of rotatable bonds is 9. The highest BCUT2D eigenvalue weighted by Gasteiger charge is 2.73. The Balaban J connectivity index is 1.40. The van der Waals surface area contributed by atoms with Crippen molar-refractivity contribution in [2.75, 3.05) is 26.3 Å². The van der Waals surface area contributed by atoms with Gasteiger partial charge in [-0.05, 0) is 113 Å². The quantitative estimate of drug-likeness (QED) is 0.434. The lowest BCUT2D eigenvalue weighted by Crippen LogP contribution is -2.65. The second-order valence-electron chi connectivity index (χ2n) is 12.5. The molecule has 0 amide bonds. The van der Waals surface area contributed by atoms with E-state index in [1.54, 1.807) is 6.26 Å². The Morgan fingerprint density at radius 2 is 1.77 bits per heavy atom. The van der Waals surface area contributed by atoms with Crippen molar-refractivity contribution in [1.29, 1.82) is 0 Å². The Bertz CT molecular complexity index is 848. The first-order valence-corrected chi connectivity index (χ1v) is 14.3. The SMILES string of the molecule is C[C@]12CC[C@H](OCCCN)C[C@H]1CC[C@@H]1[C@@H]2CC[C@]2(C)[C@@](OCCCN)(c3ccoc3)CC[C@]12O. The zero-order valence-corrected chi connectivity index (χ0v) is 22.0. The van der Waals surface area contributed by atoms with Crippen LogP contribution in [-0.4, -0.2) is 43.1 Å². The summed E-state index contributed by atoms with van der Waals surface area (Å²) in [7, 11) is 0. The minimum Gasteiger partial charge on any atom is -0.472 e. The molecule has 4 aliphatic rings. The maximum absolute atomic E-state index is 12.7. The number of hydrogen-bond donors (Lipinski definition) is 3. The van der Waals surface area contributed by atoms with Gasteiger partial charge < -0.3 is 30.5 Å². The molecule has 6 nitrogen and oxygen atoms in total. The number of aliphatic hydroxyl groups is 1. The monoisotopic (exact) mass is 488 g/mol. The zero-order chi connectivity index (χ0) is 24.7. The fraction of sp³-hybridized carbons (Fsp3) is 0.862. The molecule has 0 radical (unpaired) electrons. The number of fused-ring (bicyclic) bond motifs is 5. The smallest absolute Gasteiger partial charge is 0.104 e. The van der Waals surface area contributed by atoms with Gasteiger partial charge in [0.15, 0.2) is 0 Å². The lowest BCUT2D eigenvalue weighted by molar-refractivity contribution is -0.249. The molecule has 0 unspecified atom stereocenters. The zero-order valence-electron chi connectivity index (χ0n) is 22.0. The van der Waals surface area contributed by atoms with Crippen molar-refractivity contribution in [3.8, 4) is 0 Å². The molecular weight excluding hydrogens is 440 g/mol. The summed E-state index contributed by atoms with van der Waals surface area (Å²) >= 11 is 0. The highest BCUT2D eigenvalue weighted by Crippen LogP contribution is 2.72. The van der Waals surface area contributed by atoms with E-state index in [1.165, 1.54) is 19.3 Å². The van der Waals surface area contributed by atoms with E-state index in [0.29, 0.717) is 43.6 Å². The van der Waals surface area contributed by atoms with Crippen LogP contribution in [0.3, 0.4) is 0 Å². The molecule has 6 heteroatoms. The summed E-state index contributed by atoms with van der Waals surface area (Å²) in [5.74, 6) is 1.58. The van der Waals surface area contributed by atoms with E-state index in [0.717, 1.165) is 63.5 Å². The predicted molar refractivity (Wildman–Crippen MR) is 137 cm³/mol. The molecule has 0 aromatic carbocycles. The van der Waals surface area contributed by atoms with Crippen molar-refractivity contribution in [2.45, 2.75) is 102 Å². The minimum absolute atomic E-state index is 0.287. The molecule has 4 fully saturated rings. The average Bonchev–Trinajstić information content (AvgIpc) is 3.46. The van der Waals surface area contributed by atoms with Gasteiger partial charge in [-0.25, -0.2) is 0 Å². The molecule has 1 heterocycles. The number of furan rings is 1. The van der Waals surface area contributed by atoms with Crippen LogP contribution in [0.5, 0.6) is 0 Å². The largest absolute Gasteiger partial charge is 0.472 e. The number of ether oxygens (including phenoxy) is 2. The summed E-state index contributed by atoms with van der Waals surface area (Å²) in [6.45, 7) is 7.56. The van der Waals surface area contributed by atoms with Gasteiger partial charge in [0, 0.05) is 24.2 Å². The normalized spacial score (nSPS) is 45.1. The summed E-state index contributed by atoms with van der Waals surface area (Å²) in [6, 6.07) is 2.05. The van der Waals surface area contributed by atoms with Crippen molar-refractivity contribution in [3.05, 3.63) is 24.2 Å². The molecule has 1 aromatic rings. The molecule has 0 bridgehead atoms. The van der Waals surface area contributed by atoms with Gasteiger partial charge in [-0.1, -0.05) is 13.8 Å². The molecule has 4 saturated carbocycles. The molecule has 1 aromatic heterocycles. The van der Waals surface area contributed by atoms with Gasteiger partial charge in [-0.3, -0.25) is 0 Å². The second-order valence-corrected chi connectivity index (χ2v) is 12.5. The Hall–Kier alpha value is -0.920. The lowest BCUT2D eigenvalue weighted by atomic mass is 9.43. The Morgan fingerprint density at radius 1 is 0.971 bits per heavy atom. The fourth-order valence-corrected chi connectivity index (χ4v) is 9.27. The number of hydrogen-bond acceptors (Lipinski definition) is 6. The van der Waals surface area contributed by atoms with Gasteiger partial charge in [0.25, 0.3) is 0 Å². The van der Waals surface area contributed by atoms with Crippen LogP contribution in [0, 0.1) is 28.6 Å². The maximum Gasteiger partial charge on any atom is 0.104 e. The van der Waals surface area contributed by atoms with E-state index >= 15 is 0 Å². The molecule has 4 aliphatic carbocycles. The Morgan fingerprint density at radius 3 is 2.51 bits per heavy atom. The second kappa shape index (κ2) is 9.75. The molecule has 0 saturated heterocycles. The van der Waals surface area contributed by atoms with E-state index in [4.69, 9.17) is 25.4 Å². The first-order valence-electron chi connectivity index (χ1n) is 14.3. The van der Waals surface area contributed by atoms with Crippen LogP contribution in [0.4, 0.5) is 0 Å². The maximum atomic E-state index is 12.7. The molecular formula is C29H48N2O4. The van der Waals surface area contributed by atoms with E-state index in [-0.39, 0.29) is 10.8 Å². The third kappa shape index (κ3) is 3.85. The van der Waals surface area contributed by atoms with Gasteiger partial charge in [-0.15, -0.1) is 0 Å². The first-order chi connectivity index (χ1) is 16.8. The van der Waals surface area contributed by atoms with Gasteiger partial charge >= 0.3 is 0 Å². The number of nitrogens with two attached hydrogens (primary N) is 2. The molecule has 5 N–H and O–H groups in total. The van der Waals surface area contributed by atoms with E-state index in [1.807, 2.05) is 6.26 Å².